The fourth-order valence-corrected chi connectivity index (χ4v) is 3.61. The number of ether oxygens (including phenoxy) is 2. The third-order valence-electron chi connectivity index (χ3n) is 4.58. The van der Waals surface area contributed by atoms with Crippen LogP contribution < -0.4 is 4.74 Å². The van der Waals surface area contributed by atoms with Gasteiger partial charge in [-0.25, -0.2) is 0 Å². The molecule has 4 nitrogen and oxygen atoms in total. The van der Waals surface area contributed by atoms with Crippen molar-refractivity contribution in [2.45, 2.75) is 37.6 Å². The molecule has 23 heavy (non-hydrogen) atoms. The van der Waals surface area contributed by atoms with Crippen LogP contribution in [0, 0.1) is 0 Å². The quantitative estimate of drug-likeness (QED) is 0.939. The first kappa shape index (κ1) is 14.3. The van der Waals surface area contributed by atoms with E-state index in [2.05, 4.69) is 12.1 Å². The topological polar surface area (TPSA) is 55.8 Å². The summed E-state index contributed by atoms with van der Waals surface area (Å²) >= 11 is 0. The summed E-state index contributed by atoms with van der Waals surface area (Å²) in [6.45, 7) is 0. The lowest BCUT2D eigenvalue weighted by molar-refractivity contribution is -0.210. The zero-order valence-corrected chi connectivity index (χ0v) is 12.7. The van der Waals surface area contributed by atoms with Gasteiger partial charge in [0, 0.05) is 12.0 Å². The van der Waals surface area contributed by atoms with Crippen molar-refractivity contribution in [2.75, 3.05) is 0 Å². The van der Waals surface area contributed by atoms with Crippen molar-refractivity contribution in [2.24, 2.45) is 0 Å². The van der Waals surface area contributed by atoms with E-state index in [1.807, 2.05) is 36.4 Å². The SMILES string of the molecule is O=C(O)CC1(OC2CCc3ccccc32)Cc2ccccc2O1. The first-order chi connectivity index (χ1) is 11.2. The number of hydrogen-bond acceptors (Lipinski definition) is 3. The molecular formula is C19H18O4. The van der Waals surface area contributed by atoms with Crippen LogP contribution in [0.25, 0.3) is 0 Å². The number of carbonyl (C=O) groups is 1. The molecular weight excluding hydrogens is 292 g/mol. The maximum absolute atomic E-state index is 11.4. The number of carboxylic acid groups (broad SMARTS) is 1. The van der Waals surface area contributed by atoms with Crippen molar-refractivity contribution in [1.82, 2.24) is 0 Å². The molecule has 0 saturated heterocycles. The highest BCUT2D eigenvalue weighted by molar-refractivity contribution is 5.68. The fraction of sp³-hybridized carbons (Fsp3) is 0.316. The van der Waals surface area contributed by atoms with Crippen LogP contribution in [0.5, 0.6) is 5.75 Å². The molecule has 2 aromatic carbocycles. The van der Waals surface area contributed by atoms with E-state index in [1.54, 1.807) is 0 Å². The average Bonchev–Trinajstić information content (AvgIpc) is 3.08. The van der Waals surface area contributed by atoms with Gasteiger partial charge in [0.05, 0.1) is 6.10 Å². The Morgan fingerprint density at radius 1 is 1.17 bits per heavy atom. The Balaban J connectivity index is 1.63. The van der Waals surface area contributed by atoms with E-state index in [4.69, 9.17) is 9.47 Å². The Labute approximate surface area is 134 Å². The van der Waals surface area contributed by atoms with Crippen LogP contribution in [-0.4, -0.2) is 16.9 Å². The Kier molecular flexibility index (Phi) is 3.34. The third-order valence-corrected chi connectivity index (χ3v) is 4.58. The maximum Gasteiger partial charge on any atom is 0.310 e. The standard InChI is InChI=1S/C19H18O4/c20-18(21)12-19(11-14-6-2-4-8-16(14)22-19)23-17-10-9-13-5-1-3-7-15(13)17/h1-8,17H,9-12H2,(H,20,21). The number of rotatable bonds is 4. The summed E-state index contributed by atoms with van der Waals surface area (Å²) in [4.78, 5) is 11.4. The lowest BCUT2D eigenvalue weighted by Gasteiger charge is -2.31. The van der Waals surface area contributed by atoms with Crippen LogP contribution in [0.15, 0.2) is 48.5 Å². The van der Waals surface area contributed by atoms with Crippen LogP contribution in [0.1, 0.15) is 35.6 Å². The number of hydrogen-bond donors (Lipinski definition) is 1. The van der Waals surface area contributed by atoms with E-state index in [1.165, 1.54) is 5.56 Å². The second kappa shape index (κ2) is 5.39. The van der Waals surface area contributed by atoms with Crippen molar-refractivity contribution in [1.29, 1.82) is 0 Å². The molecule has 2 aromatic rings. The minimum absolute atomic E-state index is 0.111. The Morgan fingerprint density at radius 3 is 2.70 bits per heavy atom. The molecule has 0 spiro atoms. The molecule has 0 bridgehead atoms. The summed E-state index contributed by atoms with van der Waals surface area (Å²) in [6.07, 6.45) is 2.01. The lowest BCUT2D eigenvalue weighted by atomic mass is 10.0. The molecule has 1 aliphatic carbocycles. The molecule has 118 valence electrons. The van der Waals surface area contributed by atoms with Gasteiger partial charge in [0.2, 0.25) is 5.79 Å². The summed E-state index contributed by atoms with van der Waals surface area (Å²) in [5.74, 6) is -1.30. The van der Waals surface area contributed by atoms with E-state index >= 15 is 0 Å². The number of aliphatic carboxylic acids is 1. The van der Waals surface area contributed by atoms with Crippen LogP contribution in [0.4, 0.5) is 0 Å². The lowest BCUT2D eigenvalue weighted by Crippen LogP contribution is -2.41. The minimum Gasteiger partial charge on any atom is -0.481 e. The molecule has 0 radical (unpaired) electrons. The smallest absolute Gasteiger partial charge is 0.310 e. The zero-order valence-electron chi connectivity index (χ0n) is 12.7. The zero-order chi connectivity index (χ0) is 15.9. The summed E-state index contributed by atoms with van der Waals surface area (Å²) in [5, 5.41) is 9.33. The minimum atomic E-state index is -1.11. The highest BCUT2D eigenvalue weighted by Crippen LogP contribution is 2.43. The van der Waals surface area contributed by atoms with E-state index in [9.17, 15) is 9.90 Å². The number of carboxylic acids is 1. The van der Waals surface area contributed by atoms with Crippen LogP contribution in [-0.2, 0) is 22.4 Å². The number of fused-ring (bicyclic) bond motifs is 2. The van der Waals surface area contributed by atoms with Gasteiger partial charge in [-0.05, 0) is 30.0 Å². The molecule has 1 heterocycles. The number of aryl methyl sites for hydroxylation is 1. The second-order valence-corrected chi connectivity index (χ2v) is 6.21. The third kappa shape index (κ3) is 2.59. The van der Waals surface area contributed by atoms with Crippen LogP contribution in [0.2, 0.25) is 0 Å². The van der Waals surface area contributed by atoms with Gasteiger partial charge in [0.25, 0.3) is 0 Å². The predicted octanol–water partition coefficient (Wildman–Crippen LogP) is 3.50. The van der Waals surface area contributed by atoms with E-state index in [-0.39, 0.29) is 12.5 Å². The van der Waals surface area contributed by atoms with Gasteiger partial charge >= 0.3 is 5.97 Å². The molecule has 2 unspecified atom stereocenters. The summed E-state index contributed by atoms with van der Waals surface area (Å²) in [7, 11) is 0. The van der Waals surface area contributed by atoms with Crippen LogP contribution >= 0.6 is 0 Å². The summed E-state index contributed by atoms with van der Waals surface area (Å²) in [5.41, 5.74) is 3.43. The second-order valence-electron chi connectivity index (χ2n) is 6.21. The summed E-state index contributed by atoms with van der Waals surface area (Å²) in [6, 6.07) is 15.8. The van der Waals surface area contributed by atoms with Gasteiger partial charge in [0.1, 0.15) is 12.2 Å². The molecule has 4 rings (SSSR count). The molecule has 2 atom stereocenters. The van der Waals surface area contributed by atoms with E-state index < -0.39 is 11.8 Å². The first-order valence-corrected chi connectivity index (χ1v) is 7.90. The fourth-order valence-electron chi connectivity index (χ4n) is 3.61. The highest BCUT2D eigenvalue weighted by Gasteiger charge is 2.45. The normalized spacial score (nSPS) is 24.8. The molecule has 1 N–H and O–H groups in total. The monoisotopic (exact) mass is 310 g/mol. The van der Waals surface area contributed by atoms with Gasteiger partial charge in [-0.15, -0.1) is 0 Å². The van der Waals surface area contributed by atoms with Gasteiger partial charge in [0.15, 0.2) is 0 Å². The molecule has 1 aliphatic heterocycles. The largest absolute Gasteiger partial charge is 0.481 e. The van der Waals surface area contributed by atoms with Gasteiger partial charge in [-0.1, -0.05) is 42.5 Å². The van der Waals surface area contributed by atoms with Crippen molar-refractivity contribution >= 4 is 5.97 Å². The molecule has 0 fully saturated rings. The van der Waals surface area contributed by atoms with Gasteiger partial charge in [-0.3, -0.25) is 4.79 Å². The Hall–Kier alpha value is -2.33. The first-order valence-electron chi connectivity index (χ1n) is 7.90. The molecule has 2 aliphatic rings. The molecule has 0 aromatic heterocycles. The van der Waals surface area contributed by atoms with E-state index in [0.29, 0.717) is 6.42 Å². The van der Waals surface area contributed by atoms with Crippen molar-refractivity contribution in [3.8, 4) is 5.75 Å². The molecule has 0 saturated carbocycles. The molecule has 4 heteroatoms. The highest BCUT2D eigenvalue weighted by atomic mass is 16.7. The van der Waals surface area contributed by atoms with Crippen molar-refractivity contribution in [3.63, 3.8) is 0 Å². The maximum atomic E-state index is 11.4. The Morgan fingerprint density at radius 2 is 1.91 bits per heavy atom. The Bertz CT molecular complexity index is 728. The molecule has 0 amide bonds. The average molecular weight is 310 g/mol. The van der Waals surface area contributed by atoms with E-state index in [0.717, 1.165) is 29.7 Å². The number of benzene rings is 2. The predicted molar refractivity (Wildman–Crippen MR) is 84.3 cm³/mol. The van der Waals surface area contributed by atoms with Crippen molar-refractivity contribution in [3.05, 3.63) is 65.2 Å². The van der Waals surface area contributed by atoms with Gasteiger partial charge in [-0.2, -0.15) is 0 Å². The number of para-hydroxylation sites is 1. The van der Waals surface area contributed by atoms with Crippen LogP contribution in [0.3, 0.4) is 0 Å². The summed E-state index contributed by atoms with van der Waals surface area (Å²) < 4.78 is 12.3. The van der Waals surface area contributed by atoms with Crippen molar-refractivity contribution < 1.29 is 19.4 Å². The van der Waals surface area contributed by atoms with Gasteiger partial charge < -0.3 is 14.6 Å².